The van der Waals surface area contributed by atoms with Crippen molar-refractivity contribution in [2.24, 2.45) is 0 Å². The molecule has 0 radical (unpaired) electrons. The number of anilines is 3. The summed E-state index contributed by atoms with van der Waals surface area (Å²) in [6, 6.07) is 23.7. The van der Waals surface area contributed by atoms with Crippen LogP contribution in [0.2, 0.25) is 5.02 Å². The van der Waals surface area contributed by atoms with Crippen LogP contribution in [0.15, 0.2) is 72.8 Å². The van der Waals surface area contributed by atoms with Gasteiger partial charge in [0.15, 0.2) is 5.60 Å². The molecule has 1 N–H and O–H groups in total. The predicted molar refractivity (Wildman–Crippen MR) is 152 cm³/mol. The molecular weight excluding hydrogens is 496 g/mol. The monoisotopic (exact) mass is 524 g/mol. The SMILES string of the molecule is CCN(CC)c1ccc2c(c1)Oc1cc(C)c(Nc3ccc(C)cc3Cl)cc1C21OC(=O)c2ccccc21. The standard InChI is InChI=1S/C32H29ClN2O3/c1-5-35(6-2)21-12-13-24-30(17-21)37-29-16-20(4)28(34-27-14-11-19(3)15-26(27)33)18-25(29)32(24)23-10-8-7-9-22(23)31(36)38-32/h7-18,34H,5-6H2,1-4H3. The predicted octanol–water partition coefficient (Wildman–Crippen LogP) is 8.11. The lowest BCUT2D eigenvalue weighted by Crippen LogP contribution is -2.33. The first-order valence-corrected chi connectivity index (χ1v) is 13.3. The van der Waals surface area contributed by atoms with E-state index in [4.69, 9.17) is 21.1 Å². The number of rotatable bonds is 5. The van der Waals surface area contributed by atoms with Crippen LogP contribution >= 0.6 is 11.6 Å². The number of fused-ring (bicyclic) bond motifs is 6. The van der Waals surface area contributed by atoms with Crippen LogP contribution in [0.4, 0.5) is 17.1 Å². The second-order valence-corrected chi connectivity index (χ2v) is 10.2. The van der Waals surface area contributed by atoms with Crippen LogP contribution in [0.25, 0.3) is 0 Å². The second kappa shape index (κ2) is 9.10. The van der Waals surface area contributed by atoms with E-state index in [0.717, 1.165) is 58.0 Å². The van der Waals surface area contributed by atoms with Gasteiger partial charge < -0.3 is 19.7 Å². The normalized spacial score (nSPS) is 16.8. The Bertz CT molecular complexity index is 1590. The molecule has 0 bridgehead atoms. The Labute approximate surface area is 228 Å². The zero-order chi connectivity index (χ0) is 26.6. The first-order chi connectivity index (χ1) is 18.3. The number of halogens is 1. The summed E-state index contributed by atoms with van der Waals surface area (Å²) in [7, 11) is 0. The lowest BCUT2D eigenvalue weighted by atomic mass is 9.77. The third-order valence-corrected chi connectivity index (χ3v) is 7.88. The van der Waals surface area contributed by atoms with E-state index in [-0.39, 0.29) is 5.97 Å². The lowest BCUT2D eigenvalue weighted by Gasteiger charge is -2.37. The second-order valence-electron chi connectivity index (χ2n) is 9.84. The van der Waals surface area contributed by atoms with Crippen LogP contribution < -0.4 is 15.0 Å². The number of benzene rings is 4. The van der Waals surface area contributed by atoms with Crippen molar-refractivity contribution >= 4 is 34.6 Å². The Morgan fingerprint density at radius 2 is 1.61 bits per heavy atom. The molecular formula is C32H29ClN2O3. The van der Waals surface area contributed by atoms with E-state index in [1.165, 1.54) is 0 Å². The maximum absolute atomic E-state index is 13.2. The Morgan fingerprint density at radius 1 is 0.842 bits per heavy atom. The highest BCUT2D eigenvalue weighted by Gasteiger charge is 2.53. The van der Waals surface area contributed by atoms with Crippen LogP contribution in [0.3, 0.4) is 0 Å². The van der Waals surface area contributed by atoms with Gasteiger partial charge in [-0.3, -0.25) is 0 Å². The number of carbonyl (C=O) groups excluding carboxylic acids is 1. The first kappa shape index (κ1) is 24.4. The van der Waals surface area contributed by atoms with Crippen LogP contribution in [0.5, 0.6) is 11.5 Å². The van der Waals surface area contributed by atoms with Crippen molar-refractivity contribution in [2.45, 2.75) is 33.3 Å². The quantitative estimate of drug-likeness (QED) is 0.267. The van der Waals surface area contributed by atoms with Crippen LogP contribution in [-0.4, -0.2) is 19.1 Å². The summed E-state index contributed by atoms with van der Waals surface area (Å²) in [4.78, 5) is 15.5. The number of nitrogens with zero attached hydrogens (tertiary/aromatic N) is 1. The Kier molecular flexibility index (Phi) is 5.84. The van der Waals surface area contributed by atoms with Crippen molar-refractivity contribution in [3.63, 3.8) is 0 Å². The molecule has 192 valence electrons. The van der Waals surface area contributed by atoms with Gasteiger partial charge in [0.05, 0.1) is 16.3 Å². The van der Waals surface area contributed by atoms with E-state index < -0.39 is 5.60 Å². The van der Waals surface area contributed by atoms with Gasteiger partial charge in [0.2, 0.25) is 0 Å². The van der Waals surface area contributed by atoms with Gasteiger partial charge in [0.25, 0.3) is 0 Å². The Hall–Kier alpha value is -3.96. The molecule has 0 amide bonds. The molecule has 0 saturated carbocycles. The maximum atomic E-state index is 13.2. The van der Waals surface area contributed by atoms with Crippen LogP contribution in [0, 0.1) is 13.8 Å². The molecule has 0 saturated heterocycles. The largest absolute Gasteiger partial charge is 0.456 e. The van der Waals surface area contributed by atoms with Crippen molar-refractivity contribution in [3.05, 3.63) is 111 Å². The van der Waals surface area contributed by atoms with Crippen LogP contribution in [0.1, 0.15) is 52.0 Å². The van der Waals surface area contributed by atoms with Gasteiger partial charge in [0, 0.05) is 47.2 Å². The van der Waals surface area contributed by atoms with E-state index in [1.807, 2.05) is 74.5 Å². The maximum Gasteiger partial charge on any atom is 0.340 e. The minimum absolute atomic E-state index is 0.344. The molecule has 4 aromatic rings. The third-order valence-electron chi connectivity index (χ3n) is 7.56. The van der Waals surface area contributed by atoms with E-state index in [0.29, 0.717) is 22.1 Å². The molecule has 5 nitrogen and oxygen atoms in total. The van der Waals surface area contributed by atoms with Crippen molar-refractivity contribution < 1.29 is 14.3 Å². The summed E-state index contributed by atoms with van der Waals surface area (Å²) in [6.07, 6.45) is 0. The van der Waals surface area contributed by atoms with Gasteiger partial charge in [-0.05, 0) is 81.3 Å². The number of nitrogens with one attached hydrogen (secondary N) is 1. The number of ether oxygens (including phenoxy) is 2. The molecule has 4 aromatic carbocycles. The van der Waals surface area contributed by atoms with Gasteiger partial charge in [-0.1, -0.05) is 35.9 Å². The smallest absolute Gasteiger partial charge is 0.340 e. The van der Waals surface area contributed by atoms with Crippen molar-refractivity contribution in [2.75, 3.05) is 23.3 Å². The molecule has 1 atom stereocenters. The lowest BCUT2D eigenvalue weighted by molar-refractivity contribution is 0.0224. The van der Waals surface area contributed by atoms with Crippen LogP contribution in [-0.2, 0) is 10.3 Å². The first-order valence-electron chi connectivity index (χ1n) is 12.9. The molecule has 38 heavy (non-hydrogen) atoms. The van der Waals surface area contributed by atoms with Crippen molar-refractivity contribution in [1.29, 1.82) is 0 Å². The fraction of sp³-hybridized carbons (Fsp3) is 0.219. The van der Waals surface area contributed by atoms with E-state index in [1.54, 1.807) is 0 Å². The summed E-state index contributed by atoms with van der Waals surface area (Å²) in [6.45, 7) is 10.1. The summed E-state index contributed by atoms with van der Waals surface area (Å²) < 4.78 is 12.9. The van der Waals surface area contributed by atoms with Gasteiger partial charge in [-0.2, -0.15) is 0 Å². The average molecular weight is 525 g/mol. The molecule has 2 heterocycles. The van der Waals surface area contributed by atoms with E-state index >= 15 is 0 Å². The minimum atomic E-state index is -1.13. The molecule has 0 fully saturated rings. The molecule has 1 unspecified atom stereocenters. The topological polar surface area (TPSA) is 50.8 Å². The summed E-state index contributed by atoms with van der Waals surface area (Å²) in [5.74, 6) is 1.01. The number of hydrogen-bond acceptors (Lipinski definition) is 5. The molecule has 0 aromatic heterocycles. The van der Waals surface area contributed by atoms with Gasteiger partial charge in [-0.15, -0.1) is 0 Å². The summed E-state index contributed by atoms with van der Waals surface area (Å²) >= 11 is 6.55. The number of esters is 1. The van der Waals surface area contributed by atoms with Gasteiger partial charge in [0.1, 0.15) is 11.5 Å². The number of hydrogen-bond donors (Lipinski definition) is 1. The third kappa shape index (κ3) is 3.64. The molecule has 6 heteroatoms. The molecule has 2 aliphatic heterocycles. The fourth-order valence-electron chi connectivity index (χ4n) is 5.59. The molecule has 0 aliphatic carbocycles. The van der Waals surface area contributed by atoms with Gasteiger partial charge in [-0.25, -0.2) is 4.79 Å². The zero-order valence-electron chi connectivity index (χ0n) is 21.9. The highest BCUT2D eigenvalue weighted by atomic mass is 35.5. The van der Waals surface area contributed by atoms with Gasteiger partial charge >= 0.3 is 5.97 Å². The molecule has 6 rings (SSSR count). The highest BCUT2D eigenvalue weighted by Crippen LogP contribution is 2.57. The zero-order valence-corrected chi connectivity index (χ0v) is 22.6. The van der Waals surface area contributed by atoms with Crippen molar-refractivity contribution in [1.82, 2.24) is 0 Å². The average Bonchev–Trinajstić information content (AvgIpc) is 3.20. The molecule has 1 spiro atoms. The minimum Gasteiger partial charge on any atom is -0.456 e. The van der Waals surface area contributed by atoms with E-state index in [9.17, 15) is 4.79 Å². The molecule has 2 aliphatic rings. The summed E-state index contributed by atoms with van der Waals surface area (Å²) in [5.41, 5.74) is 6.64. The number of aryl methyl sites for hydroxylation is 2. The summed E-state index contributed by atoms with van der Waals surface area (Å²) in [5, 5.41) is 4.13. The Morgan fingerprint density at radius 3 is 2.37 bits per heavy atom. The van der Waals surface area contributed by atoms with Crippen molar-refractivity contribution in [3.8, 4) is 11.5 Å². The Balaban J connectivity index is 1.57. The highest BCUT2D eigenvalue weighted by molar-refractivity contribution is 6.33. The van der Waals surface area contributed by atoms with E-state index in [2.05, 4.69) is 36.2 Å². The fourth-order valence-corrected chi connectivity index (χ4v) is 5.88. The number of carbonyl (C=O) groups is 1.